The first kappa shape index (κ1) is 31.4. The Balaban J connectivity index is 1.80. The molecule has 0 saturated carbocycles. The van der Waals surface area contributed by atoms with Gasteiger partial charge < -0.3 is 19.1 Å². The van der Waals surface area contributed by atoms with Crippen LogP contribution < -0.4 is 4.90 Å². The van der Waals surface area contributed by atoms with Crippen LogP contribution in [0.3, 0.4) is 0 Å². The van der Waals surface area contributed by atoms with E-state index in [1.165, 1.54) is 6.20 Å². The first-order valence-electron chi connectivity index (χ1n) is 14.0. The van der Waals surface area contributed by atoms with Crippen LogP contribution in [0.4, 0.5) is 20.2 Å². The van der Waals surface area contributed by atoms with Crippen LogP contribution >= 0.6 is 0 Å². The maximum absolute atomic E-state index is 13.5. The van der Waals surface area contributed by atoms with E-state index >= 15 is 0 Å². The summed E-state index contributed by atoms with van der Waals surface area (Å²) in [4.78, 5) is 55.7. The molecule has 4 rings (SSSR count). The fourth-order valence-electron chi connectivity index (χ4n) is 4.04. The lowest BCUT2D eigenvalue weighted by atomic mass is 10.1. The number of nitrogens with zero attached hydrogens (tertiary/aromatic N) is 7. The van der Waals surface area contributed by atoms with Crippen molar-refractivity contribution in [3.8, 4) is 11.5 Å². The van der Waals surface area contributed by atoms with Crippen molar-refractivity contribution in [1.82, 2.24) is 29.5 Å². The molecule has 0 N–H and O–H groups in total. The monoisotopic (exact) mass is 593 g/mol. The molecule has 43 heavy (non-hydrogen) atoms. The third-order valence-electron chi connectivity index (χ3n) is 5.76. The number of rotatable bonds is 3. The van der Waals surface area contributed by atoms with Gasteiger partial charge in [-0.1, -0.05) is 12.1 Å². The number of hydrogen-bond donors (Lipinski definition) is 0. The van der Waals surface area contributed by atoms with Crippen molar-refractivity contribution in [3.05, 3.63) is 42.4 Å². The Morgan fingerprint density at radius 2 is 1.49 bits per heavy atom. The third kappa shape index (κ3) is 8.05. The molecule has 3 aromatic rings. The van der Waals surface area contributed by atoms with Crippen LogP contribution in [0.5, 0.6) is 0 Å². The van der Waals surface area contributed by atoms with Gasteiger partial charge >= 0.3 is 18.3 Å². The minimum atomic E-state index is -0.987. The molecule has 0 fully saturated rings. The van der Waals surface area contributed by atoms with Gasteiger partial charge in [0, 0.05) is 19.3 Å². The van der Waals surface area contributed by atoms with Crippen LogP contribution in [0.25, 0.3) is 22.7 Å². The lowest BCUT2D eigenvalue weighted by molar-refractivity contribution is 0.0269. The molecule has 0 saturated heterocycles. The van der Waals surface area contributed by atoms with Gasteiger partial charge in [-0.15, -0.1) is 5.10 Å². The number of imide groups is 1. The second-order valence-electron chi connectivity index (χ2n) is 13.1. The van der Waals surface area contributed by atoms with Crippen molar-refractivity contribution >= 4 is 35.3 Å². The third-order valence-corrected chi connectivity index (χ3v) is 5.76. The standard InChI is InChI=1S/C30H39N7O6/c1-28(2,3)41-25(38)35-16-13-19(14-17-35)20-18-31-24(22(32-20)23-33-21-12-10-11-15-36(21)34-23)37(26(39)42-29(4,5)6)27(40)43-30(7,8)9/h10-13,15,18H,14,16-17H2,1-9H3. The van der Waals surface area contributed by atoms with Crippen molar-refractivity contribution in [2.45, 2.75) is 85.5 Å². The predicted octanol–water partition coefficient (Wildman–Crippen LogP) is 5.89. The Bertz CT molecular complexity index is 1500. The van der Waals surface area contributed by atoms with Crippen molar-refractivity contribution in [2.75, 3.05) is 18.0 Å². The van der Waals surface area contributed by atoms with Gasteiger partial charge in [-0.25, -0.2) is 33.9 Å². The van der Waals surface area contributed by atoms with Crippen molar-refractivity contribution in [3.63, 3.8) is 0 Å². The molecule has 1 aliphatic rings. The predicted molar refractivity (Wildman–Crippen MR) is 159 cm³/mol. The Labute approximate surface area is 250 Å². The van der Waals surface area contributed by atoms with E-state index in [2.05, 4.69) is 15.1 Å². The Kier molecular flexibility index (Phi) is 8.48. The highest BCUT2D eigenvalue weighted by molar-refractivity contribution is 6.10. The van der Waals surface area contributed by atoms with Gasteiger partial charge in [0.25, 0.3) is 0 Å². The van der Waals surface area contributed by atoms with Crippen LogP contribution in [-0.2, 0) is 14.2 Å². The van der Waals surface area contributed by atoms with E-state index in [-0.39, 0.29) is 17.3 Å². The van der Waals surface area contributed by atoms with Gasteiger partial charge in [-0.3, -0.25) is 0 Å². The van der Waals surface area contributed by atoms with Crippen molar-refractivity contribution < 1.29 is 28.6 Å². The molecule has 0 unspecified atom stereocenters. The molecule has 0 aliphatic carbocycles. The van der Waals surface area contributed by atoms with Gasteiger partial charge in [-0.05, 0) is 86.4 Å². The molecular formula is C30H39N7O6. The molecule has 0 radical (unpaired) electrons. The SMILES string of the molecule is CC(C)(C)OC(=O)N1CC=C(c2cnc(N(C(=O)OC(C)(C)C)C(=O)OC(C)(C)C)c(-c3nc4ccccn4n3)n2)CC1. The molecule has 0 bridgehead atoms. The molecule has 13 nitrogen and oxygen atoms in total. The number of fused-ring (bicyclic) bond motifs is 1. The summed E-state index contributed by atoms with van der Waals surface area (Å²) in [6.07, 6.45) is 3.16. The zero-order chi connectivity index (χ0) is 31.7. The molecule has 0 aromatic carbocycles. The zero-order valence-electron chi connectivity index (χ0n) is 26.2. The summed E-state index contributed by atoms with van der Waals surface area (Å²) >= 11 is 0. The summed E-state index contributed by atoms with van der Waals surface area (Å²) < 4.78 is 18.2. The first-order valence-corrected chi connectivity index (χ1v) is 14.0. The van der Waals surface area contributed by atoms with Gasteiger partial charge in [0.1, 0.15) is 16.8 Å². The molecule has 1 aliphatic heterocycles. The number of hydrogen-bond acceptors (Lipinski definition) is 10. The summed E-state index contributed by atoms with van der Waals surface area (Å²) in [6, 6.07) is 5.38. The second kappa shape index (κ2) is 11.6. The summed E-state index contributed by atoms with van der Waals surface area (Å²) in [5.74, 6) is -0.00518. The van der Waals surface area contributed by atoms with Crippen LogP contribution in [0, 0.1) is 0 Å². The minimum absolute atomic E-state index is 0.0772. The van der Waals surface area contributed by atoms with Crippen LogP contribution in [0.1, 0.15) is 74.4 Å². The highest BCUT2D eigenvalue weighted by atomic mass is 16.6. The lowest BCUT2D eigenvalue weighted by Gasteiger charge is -2.30. The quantitative estimate of drug-likeness (QED) is 0.338. The van der Waals surface area contributed by atoms with Gasteiger partial charge in [0.05, 0.1) is 11.9 Å². The number of amides is 3. The van der Waals surface area contributed by atoms with Gasteiger partial charge in [0.15, 0.2) is 17.2 Å². The minimum Gasteiger partial charge on any atom is -0.444 e. The average molecular weight is 594 g/mol. The van der Waals surface area contributed by atoms with Crippen molar-refractivity contribution in [2.24, 2.45) is 0 Å². The van der Waals surface area contributed by atoms with Crippen LogP contribution in [-0.4, -0.2) is 77.6 Å². The maximum Gasteiger partial charge on any atom is 0.425 e. The molecule has 230 valence electrons. The van der Waals surface area contributed by atoms with E-state index in [9.17, 15) is 14.4 Å². The first-order chi connectivity index (χ1) is 19.9. The number of pyridine rings is 1. The molecule has 3 aromatic heterocycles. The molecule has 13 heteroatoms. The number of anilines is 1. The van der Waals surface area contributed by atoms with Crippen LogP contribution in [0.15, 0.2) is 36.7 Å². The maximum atomic E-state index is 13.5. The van der Waals surface area contributed by atoms with E-state index in [0.29, 0.717) is 35.8 Å². The molecule has 4 heterocycles. The van der Waals surface area contributed by atoms with Gasteiger partial charge in [-0.2, -0.15) is 4.90 Å². The fourth-order valence-corrected chi connectivity index (χ4v) is 4.04. The molecule has 3 amide bonds. The van der Waals surface area contributed by atoms with Crippen molar-refractivity contribution in [1.29, 1.82) is 0 Å². The van der Waals surface area contributed by atoms with E-state index < -0.39 is 35.1 Å². The molecule has 0 atom stereocenters. The van der Waals surface area contributed by atoms with Gasteiger partial charge in [0.2, 0.25) is 5.82 Å². The van der Waals surface area contributed by atoms with E-state index in [4.69, 9.17) is 19.2 Å². The number of carbonyl (C=O) groups is 3. The second-order valence-corrected chi connectivity index (χ2v) is 13.1. The summed E-state index contributed by atoms with van der Waals surface area (Å²) in [5.41, 5.74) is -0.528. The van der Waals surface area contributed by atoms with Crippen LogP contribution in [0.2, 0.25) is 0 Å². The highest BCUT2D eigenvalue weighted by Gasteiger charge is 2.37. The summed E-state index contributed by atoms with van der Waals surface area (Å²) in [7, 11) is 0. The largest absolute Gasteiger partial charge is 0.444 e. The van der Waals surface area contributed by atoms with E-state index in [0.717, 1.165) is 5.57 Å². The zero-order valence-corrected chi connectivity index (χ0v) is 26.2. The number of aromatic nitrogens is 5. The average Bonchev–Trinajstić information content (AvgIpc) is 3.30. The number of carbonyl (C=O) groups excluding carboxylic acids is 3. The molecule has 0 spiro atoms. The smallest absolute Gasteiger partial charge is 0.425 e. The molecular weight excluding hydrogens is 554 g/mol. The summed E-state index contributed by atoms with van der Waals surface area (Å²) in [6.45, 7) is 16.3. The van der Waals surface area contributed by atoms with E-state index in [1.807, 2.05) is 32.9 Å². The fraction of sp³-hybridized carbons (Fsp3) is 0.500. The summed E-state index contributed by atoms with van der Waals surface area (Å²) in [5, 5.41) is 4.53. The normalized spacial score (nSPS) is 14.3. The van der Waals surface area contributed by atoms with E-state index in [1.54, 1.807) is 69.3 Å². The topological polar surface area (TPSA) is 141 Å². The Morgan fingerprint density at radius 1 is 0.860 bits per heavy atom. The Hall–Kier alpha value is -4.55. The lowest BCUT2D eigenvalue weighted by Crippen LogP contribution is -2.44. The highest BCUT2D eigenvalue weighted by Crippen LogP contribution is 2.31. The Morgan fingerprint density at radius 3 is 2.02 bits per heavy atom. The number of ether oxygens (including phenoxy) is 3.